The predicted octanol–water partition coefficient (Wildman–Crippen LogP) is 5.61. The number of rotatable bonds is 8. The number of pyridine rings is 3. The van der Waals surface area contributed by atoms with Crippen LogP contribution in [0.3, 0.4) is 0 Å². The number of H-pyrrole nitrogens is 2. The quantitative estimate of drug-likeness (QED) is 0.166. The molecule has 0 amide bonds. The first kappa shape index (κ1) is 28.3. The van der Waals surface area contributed by atoms with E-state index in [9.17, 15) is 4.39 Å². The number of aromatic nitrogens is 7. The maximum atomic E-state index is 14.7. The van der Waals surface area contributed by atoms with Crippen molar-refractivity contribution >= 4 is 43.2 Å². The zero-order chi connectivity index (χ0) is 30.3. The fraction of sp³-hybridized carbons (Fsp3) is 0.242. The fourth-order valence-electron chi connectivity index (χ4n) is 5.84. The lowest BCUT2D eigenvalue weighted by atomic mass is 9.91. The van der Waals surface area contributed by atoms with E-state index < -0.39 is 9.39 Å². The van der Waals surface area contributed by atoms with Crippen LogP contribution in [-0.2, 0) is 13.0 Å². The third-order valence-corrected chi connectivity index (χ3v) is 8.87. The number of hydrogen-bond acceptors (Lipinski definition) is 7. The number of nitrogens with one attached hydrogen (secondary N) is 4. The summed E-state index contributed by atoms with van der Waals surface area (Å²) in [7, 11) is -1.44. The van der Waals surface area contributed by atoms with Crippen LogP contribution in [0.15, 0.2) is 61.2 Å². The van der Waals surface area contributed by atoms with Crippen molar-refractivity contribution in [3.05, 3.63) is 78.1 Å². The van der Waals surface area contributed by atoms with Crippen molar-refractivity contribution in [2.45, 2.75) is 25.8 Å². The van der Waals surface area contributed by atoms with Gasteiger partial charge in [-0.05, 0) is 97.6 Å². The van der Waals surface area contributed by atoms with Gasteiger partial charge in [-0.3, -0.25) is 19.8 Å². The van der Waals surface area contributed by atoms with E-state index >= 15 is 0 Å². The number of imidazole rings is 1. The van der Waals surface area contributed by atoms with E-state index in [4.69, 9.17) is 9.97 Å². The molecule has 6 aromatic rings. The zero-order valence-corrected chi connectivity index (χ0v) is 25.3. The van der Waals surface area contributed by atoms with Crippen molar-refractivity contribution in [1.82, 2.24) is 45.2 Å². The fourth-order valence-corrected chi connectivity index (χ4v) is 6.36. The Morgan fingerprint density at radius 3 is 2.68 bits per heavy atom. The van der Waals surface area contributed by atoms with Crippen LogP contribution in [-0.4, -0.2) is 66.2 Å². The van der Waals surface area contributed by atoms with Gasteiger partial charge in [0.1, 0.15) is 11.5 Å². The lowest BCUT2D eigenvalue weighted by molar-refractivity contribution is 0.372. The van der Waals surface area contributed by atoms with Crippen molar-refractivity contribution in [1.29, 1.82) is 0 Å². The molecule has 224 valence electrons. The third kappa shape index (κ3) is 5.99. The van der Waals surface area contributed by atoms with Crippen LogP contribution in [0, 0.1) is 11.7 Å². The SMILES string of the molecule is C=S(=C)(C)NCc1cc(F)cc(-c2ccnc3nc(-c4n[nH]c5cnc(-c6cncc(CC7CCNCC7)c6)cc45)[nH]c23)c1. The maximum absolute atomic E-state index is 14.7. The van der Waals surface area contributed by atoms with Crippen molar-refractivity contribution in [2.24, 2.45) is 5.92 Å². The minimum atomic E-state index is -1.44. The van der Waals surface area contributed by atoms with E-state index in [1.54, 1.807) is 12.4 Å². The topological polar surface area (TPSA) is 120 Å². The van der Waals surface area contributed by atoms with Gasteiger partial charge in [0.15, 0.2) is 11.5 Å². The second-order valence-corrected chi connectivity index (χ2v) is 14.6. The van der Waals surface area contributed by atoms with Crippen molar-refractivity contribution in [3.8, 4) is 33.9 Å². The van der Waals surface area contributed by atoms with Gasteiger partial charge in [-0.1, -0.05) is 11.7 Å². The van der Waals surface area contributed by atoms with Crippen LogP contribution in [0.2, 0.25) is 0 Å². The molecule has 0 radical (unpaired) electrons. The number of piperidine rings is 1. The Kier molecular flexibility index (Phi) is 7.45. The molecule has 1 saturated heterocycles. The molecule has 44 heavy (non-hydrogen) atoms. The summed E-state index contributed by atoms with van der Waals surface area (Å²) in [6.45, 7) is 2.62. The molecule has 11 heteroatoms. The molecule has 0 atom stereocenters. The average Bonchev–Trinajstić information content (AvgIpc) is 3.64. The Balaban J connectivity index is 1.23. The van der Waals surface area contributed by atoms with E-state index in [0.29, 0.717) is 35.1 Å². The van der Waals surface area contributed by atoms with Gasteiger partial charge in [0.05, 0.1) is 22.9 Å². The minimum Gasteiger partial charge on any atom is -0.335 e. The first-order chi connectivity index (χ1) is 21.3. The molecule has 1 aliphatic heterocycles. The van der Waals surface area contributed by atoms with Gasteiger partial charge in [0.2, 0.25) is 0 Å². The third-order valence-electron chi connectivity index (χ3n) is 8.03. The van der Waals surface area contributed by atoms with E-state index in [1.807, 2.05) is 36.8 Å². The summed E-state index contributed by atoms with van der Waals surface area (Å²) in [5.74, 6) is 9.03. The zero-order valence-electron chi connectivity index (χ0n) is 24.5. The van der Waals surface area contributed by atoms with Crippen LogP contribution in [0.1, 0.15) is 24.0 Å². The molecule has 4 N–H and O–H groups in total. The van der Waals surface area contributed by atoms with Gasteiger partial charge in [-0.15, -0.1) is 0 Å². The highest BCUT2D eigenvalue weighted by Crippen LogP contribution is 2.33. The normalized spacial score (nSPS) is 14.5. The Morgan fingerprint density at radius 2 is 1.84 bits per heavy atom. The number of benzene rings is 1. The minimum absolute atomic E-state index is 0.318. The summed E-state index contributed by atoms with van der Waals surface area (Å²) >= 11 is 0. The van der Waals surface area contributed by atoms with Crippen LogP contribution < -0.4 is 10.0 Å². The molecule has 1 fully saturated rings. The highest BCUT2D eigenvalue weighted by atomic mass is 32.2. The molecule has 0 bridgehead atoms. The van der Waals surface area contributed by atoms with Crippen LogP contribution >= 0.6 is 9.39 Å². The highest BCUT2D eigenvalue weighted by molar-refractivity contribution is 8.25. The van der Waals surface area contributed by atoms with Crippen molar-refractivity contribution in [2.75, 3.05) is 19.3 Å². The van der Waals surface area contributed by atoms with Crippen LogP contribution in [0.4, 0.5) is 4.39 Å². The lowest BCUT2D eigenvalue weighted by Crippen LogP contribution is -2.28. The van der Waals surface area contributed by atoms with Gasteiger partial charge < -0.3 is 10.3 Å². The van der Waals surface area contributed by atoms with Crippen LogP contribution in [0.5, 0.6) is 0 Å². The first-order valence-corrected chi connectivity index (χ1v) is 17.0. The monoisotopic (exact) mass is 607 g/mol. The molecular formula is C33H34FN9S. The smallest absolute Gasteiger partial charge is 0.178 e. The molecule has 6 heterocycles. The van der Waals surface area contributed by atoms with E-state index in [-0.39, 0.29) is 5.82 Å². The van der Waals surface area contributed by atoms with Crippen molar-refractivity contribution in [3.63, 3.8) is 0 Å². The average molecular weight is 608 g/mol. The summed E-state index contributed by atoms with van der Waals surface area (Å²) in [4.78, 5) is 21.9. The van der Waals surface area contributed by atoms with Crippen molar-refractivity contribution < 1.29 is 4.39 Å². The molecular weight excluding hydrogens is 573 g/mol. The second kappa shape index (κ2) is 11.6. The van der Waals surface area contributed by atoms with Crippen LogP contribution in [0.25, 0.3) is 56.0 Å². The second-order valence-electron chi connectivity index (χ2n) is 11.8. The molecule has 0 unspecified atom stereocenters. The Morgan fingerprint density at radius 1 is 1.00 bits per heavy atom. The molecule has 7 rings (SSSR count). The number of halogens is 1. The lowest BCUT2D eigenvalue weighted by Gasteiger charge is -2.22. The molecule has 0 aliphatic carbocycles. The largest absolute Gasteiger partial charge is 0.335 e. The summed E-state index contributed by atoms with van der Waals surface area (Å²) in [5.41, 5.74) is 8.02. The molecule has 1 aromatic carbocycles. The molecule has 0 saturated carbocycles. The Labute approximate surface area is 255 Å². The summed E-state index contributed by atoms with van der Waals surface area (Å²) in [6.07, 6.45) is 12.6. The van der Waals surface area contributed by atoms with E-state index in [0.717, 1.165) is 58.4 Å². The van der Waals surface area contributed by atoms with Gasteiger partial charge in [-0.2, -0.15) is 14.5 Å². The number of aromatic amines is 2. The van der Waals surface area contributed by atoms with Gasteiger partial charge in [0.25, 0.3) is 0 Å². The molecule has 0 spiro atoms. The first-order valence-electron chi connectivity index (χ1n) is 14.6. The van der Waals surface area contributed by atoms with Gasteiger partial charge in [-0.25, -0.2) is 14.4 Å². The molecule has 9 nitrogen and oxygen atoms in total. The molecule has 1 aliphatic rings. The number of fused-ring (bicyclic) bond motifs is 2. The number of nitrogens with zero attached hydrogens (tertiary/aromatic N) is 5. The maximum Gasteiger partial charge on any atom is 0.178 e. The Bertz CT molecular complexity index is 2090. The summed E-state index contributed by atoms with van der Waals surface area (Å²) < 4.78 is 18.0. The Hall–Kier alpha value is -4.45. The summed E-state index contributed by atoms with van der Waals surface area (Å²) in [5, 5.41) is 12.0. The molecule has 5 aromatic heterocycles. The van der Waals surface area contributed by atoms with Gasteiger partial charge in [0, 0.05) is 41.6 Å². The summed E-state index contributed by atoms with van der Waals surface area (Å²) in [6, 6.07) is 11.1. The predicted molar refractivity (Wildman–Crippen MR) is 179 cm³/mol. The van der Waals surface area contributed by atoms with Gasteiger partial charge >= 0.3 is 0 Å². The number of hydrogen-bond donors (Lipinski definition) is 4. The van der Waals surface area contributed by atoms with E-state index in [2.05, 4.69) is 53.0 Å². The van der Waals surface area contributed by atoms with E-state index in [1.165, 1.54) is 30.5 Å². The standard InChI is InChI=1S/C33H34FN9S/c1-44(2,3)39-17-22-11-23(14-25(34)13-22)26-6-9-37-32-30(26)40-33(41-32)31-27-15-28(38-19-29(27)42-43-31)24-12-21(16-36-18-24)10-20-4-7-35-8-5-20/h6,9,11-16,18-20,35,39H,1-2,4-5,7-8,10,17H2,3H3,(H,42,43)(H,37,40,41). The highest BCUT2D eigenvalue weighted by Gasteiger charge is 2.18.